The molecular formula is C10H16O2. The zero-order chi connectivity index (χ0) is 8.60. The molecule has 1 heterocycles. The molecule has 0 amide bonds. The number of aliphatic hydroxyl groups is 1. The smallest absolute Gasteiger partial charge is 0.0865 e. The van der Waals surface area contributed by atoms with Gasteiger partial charge in [-0.3, -0.25) is 0 Å². The van der Waals surface area contributed by atoms with Crippen molar-refractivity contribution < 1.29 is 9.84 Å². The largest absolute Gasteiger partial charge is 0.394 e. The number of hydrogen-bond acceptors (Lipinski definition) is 2. The van der Waals surface area contributed by atoms with E-state index in [2.05, 4.69) is 19.1 Å². The highest BCUT2D eigenvalue weighted by Crippen LogP contribution is 2.46. The first-order valence-electron chi connectivity index (χ1n) is 4.66. The van der Waals surface area contributed by atoms with Crippen LogP contribution in [0.4, 0.5) is 0 Å². The summed E-state index contributed by atoms with van der Waals surface area (Å²) in [5.74, 6) is 0.531. The molecule has 0 aromatic rings. The fourth-order valence-corrected chi connectivity index (χ4v) is 2.38. The Hall–Kier alpha value is -0.340. The van der Waals surface area contributed by atoms with Gasteiger partial charge in [-0.1, -0.05) is 19.1 Å². The van der Waals surface area contributed by atoms with E-state index in [1.54, 1.807) is 0 Å². The first-order valence-corrected chi connectivity index (χ1v) is 4.66. The summed E-state index contributed by atoms with van der Waals surface area (Å²) in [6, 6.07) is 0. The van der Waals surface area contributed by atoms with Crippen LogP contribution in [-0.4, -0.2) is 24.4 Å². The molecule has 12 heavy (non-hydrogen) atoms. The fraction of sp³-hybridized carbons (Fsp3) is 0.800. The second-order valence-electron chi connectivity index (χ2n) is 4.08. The Balaban J connectivity index is 2.21. The molecule has 0 spiro atoms. The Morgan fingerprint density at radius 1 is 1.67 bits per heavy atom. The average molecular weight is 168 g/mol. The van der Waals surface area contributed by atoms with E-state index in [1.165, 1.54) is 0 Å². The zero-order valence-corrected chi connectivity index (χ0v) is 7.49. The number of aliphatic hydroxyl groups excluding tert-OH is 1. The predicted octanol–water partition coefficient (Wildman–Crippen LogP) is 1.35. The van der Waals surface area contributed by atoms with Crippen molar-refractivity contribution >= 4 is 0 Å². The van der Waals surface area contributed by atoms with Crippen molar-refractivity contribution in [2.24, 2.45) is 11.3 Å². The van der Waals surface area contributed by atoms with Crippen LogP contribution in [0.15, 0.2) is 12.2 Å². The number of ether oxygens (including phenoxy) is 1. The van der Waals surface area contributed by atoms with Gasteiger partial charge in [0.1, 0.15) is 0 Å². The van der Waals surface area contributed by atoms with Crippen LogP contribution in [-0.2, 0) is 4.74 Å². The zero-order valence-electron chi connectivity index (χ0n) is 7.49. The molecule has 2 aliphatic rings. The third-order valence-electron chi connectivity index (χ3n) is 3.44. The third-order valence-corrected chi connectivity index (χ3v) is 3.44. The number of hydrogen-bond donors (Lipinski definition) is 1. The average Bonchev–Trinajstić information content (AvgIpc) is 2.41. The fourth-order valence-electron chi connectivity index (χ4n) is 2.38. The molecule has 1 aliphatic heterocycles. The summed E-state index contributed by atoms with van der Waals surface area (Å²) < 4.78 is 5.55. The lowest BCUT2D eigenvalue weighted by atomic mass is 9.69. The summed E-state index contributed by atoms with van der Waals surface area (Å²) in [5, 5.41) is 9.12. The first-order chi connectivity index (χ1) is 5.77. The van der Waals surface area contributed by atoms with Crippen molar-refractivity contribution in [1.29, 1.82) is 0 Å². The van der Waals surface area contributed by atoms with Gasteiger partial charge in [0.15, 0.2) is 0 Å². The summed E-state index contributed by atoms with van der Waals surface area (Å²) in [7, 11) is 0. The second-order valence-corrected chi connectivity index (χ2v) is 4.08. The quantitative estimate of drug-likeness (QED) is 0.599. The van der Waals surface area contributed by atoms with Gasteiger partial charge >= 0.3 is 0 Å². The van der Waals surface area contributed by atoms with Crippen molar-refractivity contribution in [3.8, 4) is 0 Å². The molecule has 3 atom stereocenters. The standard InChI is InChI=1S/C10H16O2/c1-10-5-3-2-4-8(10)7-12-9(10)6-11/h2,4,8-9,11H,3,5-7H2,1H3. The minimum Gasteiger partial charge on any atom is -0.394 e. The van der Waals surface area contributed by atoms with Crippen molar-refractivity contribution in [3.05, 3.63) is 12.2 Å². The van der Waals surface area contributed by atoms with E-state index in [0.29, 0.717) is 5.92 Å². The Kier molecular flexibility index (Phi) is 1.97. The van der Waals surface area contributed by atoms with Crippen LogP contribution in [0.25, 0.3) is 0 Å². The van der Waals surface area contributed by atoms with Gasteiger partial charge in [0.2, 0.25) is 0 Å². The molecular weight excluding hydrogens is 152 g/mol. The van der Waals surface area contributed by atoms with Crippen LogP contribution in [0.2, 0.25) is 0 Å². The van der Waals surface area contributed by atoms with Crippen molar-refractivity contribution in [2.75, 3.05) is 13.2 Å². The predicted molar refractivity (Wildman–Crippen MR) is 46.8 cm³/mol. The van der Waals surface area contributed by atoms with Crippen molar-refractivity contribution in [3.63, 3.8) is 0 Å². The SMILES string of the molecule is CC12CCC=CC1COC2CO. The lowest BCUT2D eigenvalue weighted by Gasteiger charge is -2.34. The molecule has 2 rings (SSSR count). The molecule has 2 nitrogen and oxygen atoms in total. The minimum absolute atomic E-state index is 0.0625. The van der Waals surface area contributed by atoms with Gasteiger partial charge in [0, 0.05) is 11.3 Å². The molecule has 1 saturated heterocycles. The molecule has 0 aromatic heterocycles. The topological polar surface area (TPSA) is 29.5 Å². The maximum absolute atomic E-state index is 9.12. The molecule has 0 aromatic carbocycles. The van der Waals surface area contributed by atoms with Gasteiger partial charge in [-0.2, -0.15) is 0 Å². The molecule has 1 N–H and O–H groups in total. The molecule has 2 heteroatoms. The number of rotatable bonds is 1. The molecule has 1 aliphatic carbocycles. The van der Waals surface area contributed by atoms with Crippen LogP contribution in [0.5, 0.6) is 0 Å². The van der Waals surface area contributed by atoms with Crippen LogP contribution in [0.3, 0.4) is 0 Å². The monoisotopic (exact) mass is 168 g/mol. The molecule has 0 bridgehead atoms. The van der Waals surface area contributed by atoms with Gasteiger partial charge in [-0.15, -0.1) is 0 Å². The van der Waals surface area contributed by atoms with Crippen LogP contribution >= 0.6 is 0 Å². The van der Waals surface area contributed by atoms with Crippen molar-refractivity contribution in [1.82, 2.24) is 0 Å². The summed E-state index contributed by atoms with van der Waals surface area (Å²) in [5.41, 5.74) is 0.198. The third kappa shape index (κ3) is 1.02. The molecule has 1 fully saturated rings. The maximum Gasteiger partial charge on any atom is 0.0865 e. The highest BCUT2D eigenvalue weighted by molar-refractivity contribution is 5.08. The summed E-state index contributed by atoms with van der Waals surface area (Å²) in [6.45, 7) is 3.19. The maximum atomic E-state index is 9.12. The van der Waals surface area contributed by atoms with E-state index in [-0.39, 0.29) is 18.1 Å². The van der Waals surface area contributed by atoms with E-state index < -0.39 is 0 Å². The Bertz CT molecular complexity index is 200. The molecule has 68 valence electrons. The highest BCUT2D eigenvalue weighted by atomic mass is 16.5. The Labute approximate surface area is 73.2 Å². The Morgan fingerprint density at radius 2 is 2.50 bits per heavy atom. The summed E-state index contributed by atoms with van der Waals surface area (Å²) >= 11 is 0. The van der Waals surface area contributed by atoms with Crippen LogP contribution in [0.1, 0.15) is 19.8 Å². The van der Waals surface area contributed by atoms with Gasteiger partial charge in [0.05, 0.1) is 19.3 Å². The number of fused-ring (bicyclic) bond motifs is 1. The van der Waals surface area contributed by atoms with Gasteiger partial charge in [-0.05, 0) is 12.8 Å². The van der Waals surface area contributed by atoms with Crippen LogP contribution < -0.4 is 0 Å². The Morgan fingerprint density at radius 3 is 3.25 bits per heavy atom. The summed E-state index contributed by atoms with van der Waals surface area (Å²) in [6.07, 6.45) is 6.83. The molecule has 0 radical (unpaired) electrons. The van der Waals surface area contributed by atoms with E-state index in [0.717, 1.165) is 19.4 Å². The normalized spacial score (nSPS) is 46.2. The lowest BCUT2D eigenvalue weighted by Crippen LogP contribution is -2.36. The first kappa shape index (κ1) is 8.27. The van der Waals surface area contributed by atoms with E-state index in [4.69, 9.17) is 9.84 Å². The summed E-state index contributed by atoms with van der Waals surface area (Å²) in [4.78, 5) is 0. The lowest BCUT2D eigenvalue weighted by molar-refractivity contribution is 0.00578. The van der Waals surface area contributed by atoms with Crippen LogP contribution in [0, 0.1) is 11.3 Å². The molecule has 3 unspecified atom stereocenters. The number of allylic oxidation sites excluding steroid dienone is 1. The van der Waals surface area contributed by atoms with Gasteiger partial charge in [0.25, 0.3) is 0 Å². The molecule has 0 saturated carbocycles. The van der Waals surface area contributed by atoms with E-state index >= 15 is 0 Å². The van der Waals surface area contributed by atoms with E-state index in [1.807, 2.05) is 0 Å². The van der Waals surface area contributed by atoms with Gasteiger partial charge in [-0.25, -0.2) is 0 Å². The highest BCUT2D eigenvalue weighted by Gasteiger charge is 2.46. The van der Waals surface area contributed by atoms with Crippen molar-refractivity contribution in [2.45, 2.75) is 25.9 Å². The van der Waals surface area contributed by atoms with Gasteiger partial charge < -0.3 is 9.84 Å². The minimum atomic E-state index is 0.0625. The van der Waals surface area contributed by atoms with E-state index in [9.17, 15) is 0 Å². The second kappa shape index (κ2) is 2.86.